The highest BCUT2D eigenvalue weighted by atomic mass is 16.4. The molecule has 0 spiro atoms. The van der Waals surface area contributed by atoms with E-state index in [2.05, 4.69) is 25.6 Å². The molecule has 0 bridgehead atoms. The molecule has 0 saturated heterocycles. The topological polar surface area (TPSA) is 100 Å². The summed E-state index contributed by atoms with van der Waals surface area (Å²) in [6, 6.07) is 15.0. The monoisotopic (exact) mass is 321 g/mol. The lowest BCUT2D eigenvalue weighted by Gasteiger charge is -2.10. The molecule has 0 saturated carbocycles. The van der Waals surface area contributed by atoms with Crippen LogP contribution in [0.3, 0.4) is 0 Å². The molecule has 0 atom stereocenters. The summed E-state index contributed by atoms with van der Waals surface area (Å²) in [5.41, 5.74) is 2.40. The minimum absolute atomic E-state index is 0.241. The quantitative estimate of drug-likeness (QED) is 0.642. The maximum atomic E-state index is 10.8. The predicted octanol–water partition coefficient (Wildman–Crippen LogP) is 2.78. The zero-order valence-electron chi connectivity index (χ0n) is 12.7. The van der Waals surface area contributed by atoms with Crippen molar-refractivity contribution in [2.45, 2.75) is 0 Å². The van der Waals surface area contributed by atoms with Gasteiger partial charge in [0.15, 0.2) is 0 Å². The second-order valence-electron chi connectivity index (χ2n) is 4.94. The second-order valence-corrected chi connectivity index (χ2v) is 4.94. The van der Waals surface area contributed by atoms with Gasteiger partial charge in [0.2, 0.25) is 5.95 Å². The first-order valence-corrected chi connectivity index (χ1v) is 7.28. The molecule has 3 aromatic rings. The van der Waals surface area contributed by atoms with Gasteiger partial charge in [-0.15, -0.1) is 0 Å². The van der Waals surface area contributed by atoms with Crippen LogP contribution in [-0.2, 0) is 4.79 Å². The summed E-state index contributed by atoms with van der Waals surface area (Å²) in [5.74, 6) is -0.175. The third-order valence-electron chi connectivity index (χ3n) is 3.15. The molecule has 0 aliphatic carbocycles. The average Bonchev–Trinajstić information content (AvgIpc) is 2.61. The van der Waals surface area contributed by atoms with Gasteiger partial charge in [0, 0.05) is 29.7 Å². The standard InChI is InChI=1S/C17H15N5O2/c23-16(24)11-19-17-21-14(12-6-8-18-9-7-12)10-15(22-17)20-13-4-2-1-3-5-13/h1-10H,11H2,(H,23,24)(H2,19,20,21,22). The molecule has 7 nitrogen and oxygen atoms in total. The van der Waals surface area contributed by atoms with Gasteiger partial charge in [-0.1, -0.05) is 18.2 Å². The molecule has 1 aromatic carbocycles. The summed E-state index contributed by atoms with van der Waals surface area (Å²) >= 11 is 0. The van der Waals surface area contributed by atoms with Crippen LogP contribution in [-0.4, -0.2) is 32.6 Å². The number of aliphatic carboxylic acids is 1. The number of pyridine rings is 1. The van der Waals surface area contributed by atoms with E-state index in [1.807, 2.05) is 42.5 Å². The van der Waals surface area contributed by atoms with E-state index in [-0.39, 0.29) is 12.5 Å². The number of carbonyl (C=O) groups is 1. The molecule has 0 amide bonds. The van der Waals surface area contributed by atoms with Gasteiger partial charge >= 0.3 is 5.97 Å². The van der Waals surface area contributed by atoms with Crippen molar-refractivity contribution >= 4 is 23.4 Å². The van der Waals surface area contributed by atoms with Crippen molar-refractivity contribution in [2.75, 3.05) is 17.2 Å². The smallest absolute Gasteiger partial charge is 0.322 e. The van der Waals surface area contributed by atoms with E-state index in [0.717, 1.165) is 11.3 Å². The lowest BCUT2D eigenvalue weighted by Crippen LogP contribution is -2.15. The Hall–Kier alpha value is -3.48. The molecular weight excluding hydrogens is 306 g/mol. The summed E-state index contributed by atoms with van der Waals surface area (Å²) in [6.07, 6.45) is 3.35. The first kappa shape index (κ1) is 15.4. The van der Waals surface area contributed by atoms with Crippen LogP contribution in [0.15, 0.2) is 60.9 Å². The van der Waals surface area contributed by atoms with Gasteiger partial charge in [-0.2, -0.15) is 4.98 Å². The first-order valence-electron chi connectivity index (χ1n) is 7.28. The van der Waals surface area contributed by atoms with Crippen molar-refractivity contribution in [2.24, 2.45) is 0 Å². The van der Waals surface area contributed by atoms with E-state index in [4.69, 9.17) is 5.11 Å². The Morgan fingerprint density at radius 2 is 1.79 bits per heavy atom. The number of hydrogen-bond acceptors (Lipinski definition) is 6. The Kier molecular flexibility index (Phi) is 4.62. The van der Waals surface area contributed by atoms with Gasteiger partial charge < -0.3 is 15.7 Å². The highest BCUT2D eigenvalue weighted by Crippen LogP contribution is 2.23. The summed E-state index contributed by atoms with van der Waals surface area (Å²) in [6.45, 7) is -0.259. The van der Waals surface area contributed by atoms with E-state index < -0.39 is 5.97 Å². The molecule has 0 aliphatic heterocycles. The Bertz CT molecular complexity index is 825. The average molecular weight is 321 g/mol. The maximum Gasteiger partial charge on any atom is 0.322 e. The normalized spacial score (nSPS) is 10.2. The molecular formula is C17H15N5O2. The Morgan fingerprint density at radius 1 is 1.04 bits per heavy atom. The zero-order valence-corrected chi connectivity index (χ0v) is 12.7. The van der Waals surface area contributed by atoms with Crippen LogP contribution in [0.5, 0.6) is 0 Å². The molecule has 0 fully saturated rings. The molecule has 120 valence electrons. The van der Waals surface area contributed by atoms with Crippen molar-refractivity contribution in [3.8, 4) is 11.3 Å². The van der Waals surface area contributed by atoms with E-state index in [0.29, 0.717) is 11.5 Å². The van der Waals surface area contributed by atoms with Crippen molar-refractivity contribution in [1.82, 2.24) is 15.0 Å². The molecule has 2 aromatic heterocycles. The number of aromatic nitrogens is 3. The van der Waals surface area contributed by atoms with Gasteiger partial charge in [-0.3, -0.25) is 9.78 Å². The first-order chi connectivity index (χ1) is 11.7. The van der Waals surface area contributed by atoms with Crippen molar-refractivity contribution in [3.05, 3.63) is 60.9 Å². The number of anilines is 3. The van der Waals surface area contributed by atoms with Gasteiger partial charge in [0.1, 0.15) is 12.4 Å². The fourth-order valence-electron chi connectivity index (χ4n) is 2.08. The lowest BCUT2D eigenvalue weighted by atomic mass is 10.2. The van der Waals surface area contributed by atoms with E-state index in [9.17, 15) is 4.79 Å². The highest BCUT2D eigenvalue weighted by Gasteiger charge is 2.08. The summed E-state index contributed by atoms with van der Waals surface area (Å²) in [5, 5.41) is 14.7. The fourth-order valence-corrected chi connectivity index (χ4v) is 2.08. The van der Waals surface area contributed by atoms with Crippen LogP contribution in [0.2, 0.25) is 0 Å². The predicted molar refractivity (Wildman–Crippen MR) is 91.1 cm³/mol. The molecule has 0 unspecified atom stereocenters. The number of rotatable bonds is 6. The van der Waals surface area contributed by atoms with Crippen LogP contribution >= 0.6 is 0 Å². The van der Waals surface area contributed by atoms with Crippen molar-refractivity contribution in [1.29, 1.82) is 0 Å². The number of nitrogens with one attached hydrogen (secondary N) is 2. The van der Waals surface area contributed by atoms with Crippen molar-refractivity contribution in [3.63, 3.8) is 0 Å². The number of benzene rings is 1. The third kappa shape index (κ3) is 4.04. The summed E-state index contributed by atoms with van der Waals surface area (Å²) in [7, 11) is 0. The molecule has 24 heavy (non-hydrogen) atoms. The van der Waals surface area contributed by atoms with E-state index in [1.165, 1.54) is 0 Å². The molecule has 3 rings (SSSR count). The largest absolute Gasteiger partial charge is 0.480 e. The van der Waals surface area contributed by atoms with Crippen LogP contribution in [0.25, 0.3) is 11.3 Å². The van der Waals surface area contributed by atoms with E-state index >= 15 is 0 Å². The van der Waals surface area contributed by atoms with Gasteiger partial charge in [-0.05, 0) is 24.3 Å². The second kappa shape index (κ2) is 7.19. The Balaban J connectivity index is 1.94. The SMILES string of the molecule is O=C(O)CNc1nc(Nc2ccccc2)cc(-c2ccncc2)n1. The lowest BCUT2D eigenvalue weighted by molar-refractivity contribution is -0.134. The number of carboxylic acid groups (broad SMARTS) is 1. The molecule has 7 heteroatoms. The van der Waals surface area contributed by atoms with Crippen LogP contribution in [0, 0.1) is 0 Å². The summed E-state index contributed by atoms with van der Waals surface area (Å²) < 4.78 is 0. The van der Waals surface area contributed by atoms with Crippen molar-refractivity contribution < 1.29 is 9.90 Å². The minimum Gasteiger partial charge on any atom is -0.480 e. The fraction of sp³-hybridized carbons (Fsp3) is 0.0588. The molecule has 0 aliphatic rings. The summed E-state index contributed by atoms with van der Waals surface area (Å²) in [4.78, 5) is 23.4. The van der Waals surface area contributed by atoms with Crippen LogP contribution in [0.1, 0.15) is 0 Å². The molecule has 2 heterocycles. The number of carboxylic acids is 1. The third-order valence-corrected chi connectivity index (χ3v) is 3.15. The number of para-hydroxylation sites is 1. The van der Waals surface area contributed by atoms with Crippen LogP contribution in [0.4, 0.5) is 17.5 Å². The molecule has 0 radical (unpaired) electrons. The minimum atomic E-state index is -0.981. The number of hydrogen-bond donors (Lipinski definition) is 3. The highest BCUT2D eigenvalue weighted by molar-refractivity contribution is 5.73. The van der Waals surface area contributed by atoms with E-state index in [1.54, 1.807) is 18.5 Å². The van der Waals surface area contributed by atoms with Gasteiger partial charge in [0.25, 0.3) is 0 Å². The van der Waals surface area contributed by atoms with Gasteiger partial charge in [-0.25, -0.2) is 4.98 Å². The van der Waals surface area contributed by atoms with Crippen LogP contribution < -0.4 is 10.6 Å². The number of nitrogens with zero attached hydrogens (tertiary/aromatic N) is 3. The maximum absolute atomic E-state index is 10.8. The zero-order chi connectivity index (χ0) is 16.8. The van der Waals surface area contributed by atoms with Gasteiger partial charge in [0.05, 0.1) is 5.69 Å². The Labute approximate surface area is 138 Å². The Morgan fingerprint density at radius 3 is 2.50 bits per heavy atom. The molecule has 3 N–H and O–H groups in total.